The van der Waals surface area contributed by atoms with E-state index in [-0.39, 0.29) is 6.10 Å². The first-order chi connectivity index (χ1) is 15.7. The lowest BCUT2D eigenvalue weighted by Crippen LogP contribution is -2.37. The van der Waals surface area contributed by atoms with Gasteiger partial charge in [0, 0.05) is 13.2 Å². The maximum absolute atomic E-state index is 10.4. The van der Waals surface area contributed by atoms with Crippen molar-refractivity contribution < 1.29 is 9.84 Å². The fourth-order valence-electron chi connectivity index (χ4n) is 4.34. The minimum atomic E-state index is -0.384. The molecule has 4 nitrogen and oxygen atoms in total. The molecule has 3 N–H and O–H groups in total. The van der Waals surface area contributed by atoms with Crippen LogP contribution in [0.25, 0.3) is 0 Å². The molecule has 32 heavy (non-hydrogen) atoms. The number of unbranched alkanes of at least 4 members (excludes halogenated alkanes) is 16. The highest BCUT2D eigenvalue weighted by Crippen LogP contribution is 2.11. The van der Waals surface area contributed by atoms with E-state index in [1.165, 1.54) is 109 Å². The molecule has 194 valence electrons. The third-order valence-electron chi connectivity index (χ3n) is 6.43. The Hall–Kier alpha value is -0.160. The van der Waals surface area contributed by atoms with E-state index in [9.17, 15) is 5.11 Å². The molecule has 0 aromatic rings. The molecule has 0 spiro atoms. The molecule has 0 bridgehead atoms. The molecule has 1 atom stereocenters. The second-order valence-corrected chi connectivity index (χ2v) is 9.83. The predicted octanol–water partition coefficient (Wildman–Crippen LogP) is 7.08. The second-order valence-electron chi connectivity index (χ2n) is 9.83. The van der Waals surface area contributed by atoms with Crippen LogP contribution in [0.15, 0.2) is 0 Å². The summed E-state index contributed by atoms with van der Waals surface area (Å²) in [5.41, 5.74) is 5.72. The number of aliphatic hydroxyl groups is 1. The van der Waals surface area contributed by atoms with Gasteiger partial charge in [-0.2, -0.15) is 0 Å². The van der Waals surface area contributed by atoms with Crippen molar-refractivity contribution in [2.45, 2.75) is 142 Å². The zero-order chi connectivity index (χ0) is 23.5. The lowest BCUT2D eigenvalue weighted by atomic mass is 10.1. The van der Waals surface area contributed by atoms with Gasteiger partial charge < -0.3 is 20.5 Å². The number of nitrogens with two attached hydrogens (primary N) is 1. The number of rotatable bonds is 27. The Morgan fingerprint density at radius 1 is 0.625 bits per heavy atom. The molecule has 0 saturated carbocycles. The van der Waals surface area contributed by atoms with E-state index in [4.69, 9.17) is 10.5 Å². The summed E-state index contributed by atoms with van der Waals surface area (Å²) in [6.07, 6.45) is 24.8. The van der Waals surface area contributed by atoms with Gasteiger partial charge in [0.1, 0.15) is 0 Å². The number of nitrogens with zero attached hydrogens (tertiary/aromatic N) is 1. The molecule has 0 fully saturated rings. The average Bonchev–Trinajstić information content (AvgIpc) is 2.79. The molecule has 0 saturated heterocycles. The fraction of sp³-hybridized carbons (Fsp3) is 1.00. The molecule has 0 aromatic carbocycles. The Balaban J connectivity index is 3.67. The normalized spacial score (nSPS) is 12.7. The third kappa shape index (κ3) is 24.5. The highest BCUT2D eigenvalue weighted by molar-refractivity contribution is 4.65. The summed E-state index contributed by atoms with van der Waals surface area (Å²) in [5, 5.41) is 10.4. The van der Waals surface area contributed by atoms with E-state index in [0.29, 0.717) is 6.61 Å². The van der Waals surface area contributed by atoms with Gasteiger partial charge in [0.2, 0.25) is 0 Å². The minimum absolute atomic E-state index is 0.384. The summed E-state index contributed by atoms with van der Waals surface area (Å²) in [6, 6.07) is 0. The Kier molecular flexibility index (Phi) is 27.0. The van der Waals surface area contributed by atoms with Crippen LogP contribution < -0.4 is 5.73 Å². The fourth-order valence-corrected chi connectivity index (χ4v) is 4.34. The Labute approximate surface area is 202 Å². The van der Waals surface area contributed by atoms with Gasteiger partial charge in [-0.1, -0.05) is 117 Å². The number of hydrogen-bond acceptors (Lipinski definition) is 4. The Bertz CT molecular complexity index is 341. The van der Waals surface area contributed by atoms with E-state index in [0.717, 1.165) is 45.6 Å². The van der Waals surface area contributed by atoms with Crippen molar-refractivity contribution in [3.8, 4) is 0 Å². The highest BCUT2D eigenvalue weighted by atomic mass is 16.5. The van der Waals surface area contributed by atoms with Crippen molar-refractivity contribution in [1.29, 1.82) is 0 Å². The van der Waals surface area contributed by atoms with Crippen LogP contribution >= 0.6 is 0 Å². The van der Waals surface area contributed by atoms with Crippen LogP contribution in [0.4, 0.5) is 0 Å². The van der Waals surface area contributed by atoms with Crippen LogP contribution in [0, 0.1) is 0 Å². The topological polar surface area (TPSA) is 58.7 Å². The summed E-state index contributed by atoms with van der Waals surface area (Å²) in [4.78, 5) is 2.39. The maximum Gasteiger partial charge on any atom is 0.0900 e. The van der Waals surface area contributed by atoms with Gasteiger partial charge in [-0.05, 0) is 38.9 Å². The molecule has 0 aromatic heterocycles. The average molecular weight is 457 g/mol. The van der Waals surface area contributed by atoms with Gasteiger partial charge in [0.05, 0.1) is 12.7 Å². The lowest BCUT2D eigenvalue weighted by Gasteiger charge is -2.25. The van der Waals surface area contributed by atoms with Crippen LogP contribution in [0.3, 0.4) is 0 Å². The van der Waals surface area contributed by atoms with Crippen molar-refractivity contribution in [3.63, 3.8) is 0 Å². The quantitative estimate of drug-likeness (QED) is 0.130. The first-order valence-electron chi connectivity index (χ1n) is 14.4. The van der Waals surface area contributed by atoms with Gasteiger partial charge in [0.25, 0.3) is 0 Å². The van der Waals surface area contributed by atoms with E-state index in [2.05, 4.69) is 18.7 Å². The van der Waals surface area contributed by atoms with Crippen molar-refractivity contribution in [1.82, 2.24) is 4.90 Å². The first kappa shape index (κ1) is 31.8. The molecule has 0 amide bonds. The number of ether oxygens (including phenoxy) is 1. The van der Waals surface area contributed by atoms with Crippen LogP contribution in [0.1, 0.15) is 136 Å². The summed E-state index contributed by atoms with van der Waals surface area (Å²) in [7, 11) is 0. The maximum atomic E-state index is 10.4. The van der Waals surface area contributed by atoms with Crippen molar-refractivity contribution in [2.75, 3.05) is 39.4 Å². The largest absolute Gasteiger partial charge is 0.389 e. The zero-order valence-corrected chi connectivity index (χ0v) is 22.1. The molecule has 0 aliphatic carbocycles. The summed E-state index contributed by atoms with van der Waals surface area (Å²) in [6.45, 7) is 9.30. The van der Waals surface area contributed by atoms with Crippen LogP contribution in [0.5, 0.6) is 0 Å². The van der Waals surface area contributed by atoms with Crippen LogP contribution in [-0.2, 0) is 4.74 Å². The smallest absolute Gasteiger partial charge is 0.0900 e. The molecule has 1 unspecified atom stereocenters. The van der Waals surface area contributed by atoms with Gasteiger partial charge in [-0.15, -0.1) is 0 Å². The number of aliphatic hydroxyl groups excluding tert-OH is 1. The van der Waals surface area contributed by atoms with Gasteiger partial charge in [-0.25, -0.2) is 0 Å². The number of hydrogen-bond donors (Lipinski definition) is 2. The van der Waals surface area contributed by atoms with E-state index in [1.807, 2.05) is 0 Å². The van der Waals surface area contributed by atoms with E-state index in [1.54, 1.807) is 0 Å². The summed E-state index contributed by atoms with van der Waals surface area (Å²) >= 11 is 0. The monoisotopic (exact) mass is 456 g/mol. The summed E-state index contributed by atoms with van der Waals surface area (Å²) < 4.78 is 5.75. The van der Waals surface area contributed by atoms with Crippen molar-refractivity contribution in [3.05, 3.63) is 0 Å². The highest BCUT2D eigenvalue weighted by Gasteiger charge is 2.11. The molecule has 0 aliphatic rings. The standard InChI is InChI=1S/C28H60N2O2/c1-3-5-7-9-11-13-14-15-17-19-23-30(24-21-22-29)26-28(31)27-32-25-20-18-16-12-10-8-6-4-2/h28,31H,3-27,29H2,1-2H3. The van der Waals surface area contributed by atoms with Gasteiger partial charge in [0.15, 0.2) is 0 Å². The molecule has 0 heterocycles. The van der Waals surface area contributed by atoms with Crippen LogP contribution in [0.2, 0.25) is 0 Å². The summed E-state index contributed by atoms with van der Waals surface area (Å²) in [5.74, 6) is 0. The Morgan fingerprint density at radius 3 is 1.56 bits per heavy atom. The zero-order valence-electron chi connectivity index (χ0n) is 22.1. The van der Waals surface area contributed by atoms with Crippen molar-refractivity contribution >= 4 is 0 Å². The predicted molar refractivity (Wildman–Crippen MR) is 141 cm³/mol. The molecular formula is C28H60N2O2. The Morgan fingerprint density at radius 2 is 1.06 bits per heavy atom. The van der Waals surface area contributed by atoms with Crippen molar-refractivity contribution in [2.24, 2.45) is 5.73 Å². The third-order valence-corrected chi connectivity index (χ3v) is 6.43. The molecule has 0 radical (unpaired) electrons. The first-order valence-corrected chi connectivity index (χ1v) is 14.4. The molecule has 0 rings (SSSR count). The lowest BCUT2D eigenvalue weighted by molar-refractivity contribution is 0.0151. The minimum Gasteiger partial charge on any atom is -0.389 e. The SMILES string of the molecule is CCCCCCCCCCCCN(CCCN)CC(O)COCCCCCCCCCC. The molecular weight excluding hydrogens is 396 g/mol. The van der Waals surface area contributed by atoms with E-state index < -0.39 is 0 Å². The van der Waals surface area contributed by atoms with E-state index >= 15 is 0 Å². The van der Waals surface area contributed by atoms with Gasteiger partial charge in [-0.3, -0.25) is 0 Å². The second kappa shape index (κ2) is 27.1. The van der Waals surface area contributed by atoms with Gasteiger partial charge >= 0.3 is 0 Å². The van der Waals surface area contributed by atoms with Crippen LogP contribution in [-0.4, -0.2) is 55.5 Å². The molecule has 0 aliphatic heterocycles. The molecule has 4 heteroatoms.